The van der Waals surface area contributed by atoms with Crippen LogP contribution >= 0.6 is 0 Å². The van der Waals surface area contributed by atoms with Crippen LogP contribution < -0.4 is 0 Å². The molecule has 1 unspecified atom stereocenters. The Balaban J connectivity index is 2.15. The van der Waals surface area contributed by atoms with Crippen molar-refractivity contribution < 1.29 is 5.11 Å². The van der Waals surface area contributed by atoms with Gasteiger partial charge in [-0.3, -0.25) is 0 Å². The van der Waals surface area contributed by atoms with E-state index in [9.17, 15) is 5.11 Å². The van der Waals surface area contributed by atoms with Gasteiger partial charge in [0.25, 0.3) is 0 Å². The molecule has 1 aliphatic carbocycles. The predicted molar refractivity (Wildman–Crippen MR) is 67.3 cm³/mol. The summed E-state index contributed by atoms with van der Waals surface area (Å²) in [6, 6.07) is 8.46. The summed E-state index contributed by atoms with van der Waals surface area (Å²) in [6.07, 6.45) is 3.13. The Labute approximate surface area is 98.5 Å². The molecule has 0 aromatic heterocycles. The van der Waals surface area contributed by atoms with E-state index in [2.05, 4.69) is 45.0 Å². The molecule has 0 amide bonds. The van der Waals surface area contributed by atoms with Crippen LogP contribution in [0.1, 0.15) is 50.8 Å². The summed E-state index contributed by atoms with van der Waals surface area (Å²) >= 11 is 0. The molecule has 1 fully saturated rings. The van der Waals surface area contributed by atoms with Gasteiger partial charge in [-0.25, -0.2) is 0 Å². The van der Waals surface area contributed by atoms with Crippen LogP contribution in [0.5, 0.6) is 0 Å². The lowest BCUT2D eigenvalue weighted by Crippen LogP contribution is -2.10. The van der Waals surface area contributed by atoms with Crippen molar-refractivity contribution >= 4 is 0 Å². The highest BCUT2D eigenvalue weighted by molar-refractivity contribution is 5.27. The Morgan fingerprint density at radius 1 is 1.31 bits per heavy atom. The zero-order valence-electron chi connectivity index (χ0n) is 10.5. The topological polar surface area (TPSA) is 20.2 Å². The zero-order chi connectivity index (χ0) is 11.8. The Hall–Kier alpha value is -0.820. The average Bonchev–Trinajstić information content (AvgIpc) is 2.96. The Bertz CT molecular complexity index is 363. The first kappa shape index (κ1) is 11.7. The van der Waals surface area contributed by atoms with Crippen LogP contribution in [0.2, 0.25) is 0 Å². The van der Waals surface area contributed by atoms with Crippen LogP contribution in [0.15, 0.2) is 24.3 Å². The summed E-state index contributed by atoms with van der Waals surface area (Å²) in [4.78, 5) is 0. The Morgan fingerprint density at radius 3 is 2.56 bits per heavy atom. The van der Waals surface area contributed by atoms with Crippen molar-refractivity contribution in [3.8, 4) is 0 Å². The average molecular weight is 218 g/mol. The maximum absolute atomic E-state index is 10.3. The zero-order valence-corrected chi connectivity index (χ0v) is 10.5. The first-order valence-corrected chi connectivity index (χ1v) is 6.28. The summed E-state index contributed by atoms with van der Waals surface area (Å²) in [6.45, 7) is 6.63. The van der Waals surface area contributed by atoms with Crippen molar-refractivity contribution in [3.63, 3.8) is 0 Å². The van der Waals surface area contributed by atoms with Gasteiger partial charge in [0.2, 0.25) is 0 Å². The normalized spacial score (nSPS) is 19.8. The summed E-state index contributed by atoms with van der Waals surface area (Å²) in [7, 11) is 0. The second kappa shape index (κ2) is 4.21. The van der Waals surface area contributed by atoms with Crippen molar-refractivity contribution in [2.45, 2.75) is 46.1 Å². The van der Waals surface area contributed by atoms with Crippen molar-refractivity contribution in [1.29, 1.82) is 0 Å². The third kappa shape index (κ3) is 2.46. The van der Waals surface area contributed by atoms with Crippen LogP contribution in [0.4, 0.5) is 0 Å². The fourth-order valence-electron chi connectivity index (χ4n) is 2.23. The summed E-state index contributed by atoms with van der Waals surface area (Å²) < 4.78 is 0. The quantitative estimate of drug-likeness (QED) is 0.816. The molecule has 1 nitrogen and oxygen atoms in total. The van der Waals surface area contributed by atoms with Crippen LogP contribution in [0, 0.1) is 11.3 Å². The number of benzene rings is 1. The van der Waals surface area contributed by atoms with E-state index >= 15 is 0 Å². The number of hydrogen-bond acceptors (Lipinski definition) is 1. The maximum Gasteiger partial charge on any atom is 0.0843 e. The minimum absolute atomic E-state index is 0.149. The van der Waals surface area contributed by atoms with Crippen LogP contribution in [-0.2, 0) is 6.42 Å². The summed E-state index contributed by atoms with van der Waals surface area (Å²) in [5, 5.41) is 10.3. The molecule has 1 aromatic rings. The van der Waals surface area contributed by atoms with Gasteiger partial charge in [-0.1, -0.05) is 45.0 Å². The lowest BCUT2D eigenvalue weighted by Gasteiger charge is -2.18. The highest BCUT2D eigenvalue weighted by Crippen LogP contribution is 2.54. The van der Waals surface area contributed by atoms with E-state index < -0.39 is 0 Å². The first-order valence-electron chi connectivity index (χ1n) is 6.28. The molecule has 1 aliphatic rings. The van der Waals surface area contributed by atoms with Crippen molar-refractivity contribution in [2.24, 2.45) is 11.3 Å². The fourth-order valence-corrected chi connectivity index (χ4v) is 2.23. The van der Waals surface area contributed by atoms with Crippen LogP contribution in [0.25, 0.3) is 0 Å². The molecule has 88 valence electrons. The third-order valence-corrected chi connectivity index (χ3v) is 3.61. The lowest BCUT2D eigenvalue weighted by molar-refractivity contribution is 0.103. The highest BCUT2D eigenvalue weighted by Gasteiger charge is 2.44. The van der Waals surface area contributed by atoms with E-state index in [1.54, 1.807) is 0 Å². The third-order valence-electron chi connectivity index (χ3n) is 3.61. The molecule has 16 heavy (non-hydrogen) atoms. The molecule has 0 radical (unpaired) electrons. The fraction of sp³-hybridized carbons (Fsp3) is 0.600. The number of aliphatic hydroxyl groups excluding tert-OH is 1. The Morgan fingerprint density at radius 2 is 2.00 bits per heavy atom. The monoisotopic (exact) mass is 218 g/mol. The standard InChI is InChI=1S/C15H22O/c1-11(2)9-12-5-4-6-13(10-12)14(16)15(3)7-8-15/h4-6,10-11,14,16H,7-9H2,1-3H3. The van der Waals surface area contributed by atoms with E-state index in [0.29, 0.717) is 5.92 Å². The minimum Gasteiger partial charge on any atom is -0.388 e. The molecule has 0 bridgehead atoms. The van der Waals surface area contributed by atoms with Gasteiger partial charge in [-0.2, -0.15) is 0 Å². The van der Waals surface area contributed by atoms with Gasteiger partial charge < -0.3 is 5.11 Å². The SMILES string of the molecule is CC(C)Cc1cccc(C(O)C2(C)CC2)c1. The van der Waals surface area contributed by atoms with E-state index in [1.165, 1.54) is 5.56 Å². The number of rotatable bonds is 4. The number of aliphatic hydroxyl groups is 1. The minimum atomic E-state index is -0.278. The van der Waals surface area contributed by atoms with Gasteiger partial charge in [0.05, 0.1) is 6.10 Å². The molecule has 0 saturated heterocycles. The molecular weight excluding hydrogens is 196 g/mol. The maximum atomic E-state index is 10.3. The summed E-state index contributed by atoms with van der Waals surface area (Å²) in [5.41, 5.74) is 2.59. The molecule has 1 saturated carbocycles. The molecule has 0 aliphatic heterocycles. The van der Waals surface area contributed by atoms with Gasteiger partial charge in [-0.05, 0) is 41.7 Å². The molecule has 1 aromatic carbocycles. The molecular formula is C15H22O. The van der Waals surface area contributed by atoms with Crippen molar-refractivity contribution in [3.05, 3.63) is 35.4 Å². The second-order valence-electron chi connectivity index (χ2n) is 5.90. The van der Waals surface area contributed by atoms with E-state index in [1.807, 2.05) is 0 Å². The highest BCUT2D eigenvalue weighted by atomic mass is 16.3. The molecule has 0 spiro atoms. The van der Waals surface area contributed by atoms with E-state index in [0.717, 1.165) is 24.8 Å². The van der Waals surface area contributed by atoms with Gasteiger partial charge in [-0.15, -0.1) is 0 Å². The largest absolute Gasteiger partial charge is 0.388 e. The van der Waals surface area contributed by atoms with Gasteiger partial charge in [0, 0.05) is 0 Å². The van der Waals surface area contributed by atoms with Crippen molar-refractivity contribution in [1.82, 2.24) is 0 Å². The van der Waals surface area contributed by atoms with Crippen LogP contribution in [0.3, 0.4) is 0 Å². The summed E-state index contributed by atoms with van der Waals surface area (Å²) in [5.74, 6) is 0.670. The van der Waals surface area contributed by atoms with E-state index in [4.69, 9.17) is 0 Å². The van der Waals surface area contributed by atoms with Gasteiger partial charge in [0.15, 0.2) is 0 Å². The smallest absolute Gasteiger partial charge is 0.0843 e. The van der Waals surface area contributed by atoms with Crippen LogP contribution in [-0.4, -0.2) is 5.11 Å². The van der Waals surface area contributed by atoms with Gasteiger partial charge in [0.1, 0.15) is 0 Å². The first-order chi connectivity index (χ1) is 7.51. The number of hydrogen-bond donors (Lipinski definition) is 1. The lowest BCUT2D eigenvalue weighted by atomic mass is 9.92. The van der Waals surface area contributed by atoms with E-state index in [-0.39, 0.29) is 11.5 Å². The molecule has 1 heteroatoms. The van der Waals surface area contributed by atoms with Crippen molar-refractivity contribution in [2.75, 3.05) is 0 Å². The second-order valence-corrected chi connectivity index (χ2v) is 5.90. The molecule has 0 heterocycles. The molecule has 2 rings (SSSR count). The molecule has 1 atom stereocenters. The van der Waals surface area contributed by atoms with Gasteiger partial charge >= 0.3 is 0 Å². The predicted octanol–water partition coefficient (Wildman–Crippen LogP) is 3.72. The Kier molecular flexibility index (Phi) is 3.07. The molecule has 1 N–H and O–H groups in total.